The second-order valence-electron chi connectivity index (χ2n) is 8.43. The lowest BCUT2D eigenvalue weighted by atomic mass is 9.74. The molecule has 3 aromatic rings. The standard InChI is InChI=1S/C21H26N6O3S/c1-27-18(7-15(25-27)10-29-2)20(28)22-19-8-17(23-24-19)14-5-12(6-14)9-30-21-16(11-31-26-21)13-3-4-13/h7-8,11-14H,3-6,9-10H2,1-2H3,(H2,22,23,24,28). The summed E-state index contributed by atoms with van der Waals surface area (Å²) in [4.78, 5) is 12.6. The topological polar surface area (TPSA) is 107 Å². The van der Waals surface area contributed by atoms with Crippen molar-refractivity contribution in [2.24, 2.45) is 13.0 Å². The first-order chi connectivity index (χ1) is 15.1. The van der Waals surface area contributed by atoms with Gasteiger partial charge in [-0.15, -0.1) is 0 Å². The Bertz CT molecular complexity index is 1060. The van der Waals surface area contributed by atoms with Crippen LogP contribution in [0.2, 0.25) is 0 Å². The molecule has 31 heavy (non-hydrogen) atoms. The molecular weight excluding hydrogens is 416 g/mol. The lowest BCUT2D eigenvalue weighted by Gasteiger charge is -2.34. The molecule has 2 saturated carbocycles. The minimum Gasteiger partial charge on any atom is -0.477 e. The molecule has 3 aromatic heterocycles. The molecule has 0 atom stereocenters. The third kappa shape index (κ3) is 4.35. The SMILES string of the molecule is COCc1cc(C(=O)Nc2cc(C3CC(COc4nscc4C4CC4)C3)[nH]n2)n(C)n1. The summed E-state index contributed by atoms with van der Waals surface area (Å²) in [5, 5.41) is 16.6. The fourth-order valence-electron chi connectivity index (χ4n) is 4.08. The number of nitrogens with zero attached hydrogens (tertiary/aromatic N) is 4. The number of hydrogen-bond donors (Lipinski definition) is 2. The van der Waals surface area contributed by atoms with Gasteiger partial charge in [-0.1, -0.05) is 0 Å². The number of aromatic nitrogens is 5. The Morgan fingerprint density at radius 1 is 1.32 bits per heavy atom. The zero-order chi connectivity index (χ0) is 21.4. The Kier molecular flexibility index (Phi) is 5.49. The zero-order valence-electron chi connectivity index (χ0n) is 17.6. The zero-order valence-corrected chi connectivity index (χ0v) is 18.4. The molecule has 0 aliphatic heterocycles. The molecule has 0 unspecified atom stereocenters. The molecule has 2 aliphatic rings. The van der Waals surface area contributed by atoms with E-state index in [0.29, 0.717) is 48.2 Å². The molecule has 0 spiro atoms. The summed E-state index contributed by atoms with van der Waals surface area (Å²) in [5.41, 5.74) is 3.51. The Morgan fingerprint density at radius 3 is 2.94 bits per heavy atom. The molecule has 164 valence electrons. The second-order valence-corrected chi connectivity index (χ2v) is 9.06. The number of ether oxygens (including phenoxy) is 2. The number of H-pyrrole nitrogens is 1. The number of aromatic amines is 1. The number of carbonyl (C=O) groups excluding carboxylic acids is 1. The molecule has 0 saturated heterocycles. The van der Waals surface area contributed by atoms with E-state index >= 15 is 0 Å². The number of amides is 1. The predicted octanol–water partition coefficient (Wildman–Crippen LogP) is 3.45. The molecule has 0 radical (unpaired) electrons. The first-order valence-corrected chi connectivity index (χ1v) is 11.4. The van der Waals surface area contributed by atoms with E-state index in [1.807, 2.05) is 6.07 Å². The van der Waals surface area contributed by atoms with E-state index in [0.717, 1.165) is 24.4 Å². The average molecular weight is 443 g/mol. The fourth-order valence-corrected chi connectivity index (χ4v) is 4.79. The number of methoxy groups -OCH3 is 1. The Labute approximate surface area is 184 Å². The lowest BCUT2D eigenvalue weighted by molar-refractivity contribution is 0.101. The van der Waals surface area contributed by atoms with Crippen molar-refractivity contribution in [1.29, 1.82) is 0 Å². The van der Waals surface area contributed by atoms with Gasteiger partial charge in [0.1, 0.15) is 5.69 Å². The first kappa shape index (κ1) is 20.2. The maximum absolute atomic E-state index is 12.6. The highest BCUT2D eigenvalue weighted by atomic mass is 32.1. The van der Waals surface area contributed by atoms with Crippen LogP contribution in [-0.4, -0.2) is 44.0 Å². The minimum absolute atomic E-state index is 0.245. The van der Waals surface area contributed by atoms with Gasteiger partial charge >= 0.3 is 0 Å². The van der Waals surface area contributed by atoms with Gasteiger partial charge in [-0.3, -0.25) is 14.6 Å². The monoisotopic (exact) mass is 442 g/mol. The third-order valence-corrected chi connectivity index (χ3v) is 6.64. The normalized spacial score (nSPS) is 20.5. The molecule has 0 aromatic carbocycles. The molecule has 5 rings (SSSR count). The molecule has 9 nitrogen and oxygen atoms in total. The fraction of sp³-hybridized carbons (Fsp3) is 0.524. The highest BCUT2D eigenvalue weighted by Crippen LogP contribution is 2.46. The molecular formula is C21H26N6O3S. The van der Waals surface area contributed by atoms with Crippen LogP contribution >= 0.6 is 11.5 Å². The van der Waals surface area contributed by atoms with E-state index in [-0.39, 0.29) is 5.91 Å². The van der Waals surface area contributed by atoms with Crippen molar-refractivity contribution in [1.82, 2.24) is 24.4 Å². The van der Waals surface area contributed by atoms with Gasteiger partial charge in [-0.25, -0.2) is 0 Å². The molecule has 3 heterocycles. The first-order valence-electron chi connectivity index (χ1n) is 10.6. The van der Waals surface area contributed by atoms with Crippen molar-refractivity contribution < 1.29 is 14.3 Å². The maximum atomic E-state index is 12.6. The largest absolute Gasteiger partial charge is 0.477 e. The van der Waals surface area contributed by atoms with Crippen LogP contribution in [-0.2, 0) is 18.4 Å². The van der Waals surface area contributed by atoms with Crippen molar-refractivity contribution in [3.63, 3.8) is 0 Å². The maximum Gasteiger partial charge on any atom is 0.275 e. The molecule has 0 bridgehead atoms. The Hall–Kier alpha value is -2.72. The Morgan fingerprint density at radius 2 is 2.16 bits per heavy atom. The van der Waals surface area contributed by atoms with Crippen LogP contribution in [0.15, 0.2) is 17.5 Å². The Balaban J connectivity index is 1.11. The summed E-state index contributed by atoms with van der Waals surface area (Å²) in [6.07, 6.45) is 4.60. The summed E-state index contributed by atoms with van der Waals surface area (Å²) < 4.78 is 17.0. The van der Waals surface area contributed by atoms with E-state index in [9.17, 15) is 4.79 Å². The van der Waals surface area contributed by atoms with Gasteiger partial charge in [-0.2, -0.15) is 14.6 Å². The number of nitrogens with one attached hydrogen (secondary N) is 2. The van der Waals surface area contributed by atoms with Crippen LogP contribution in [0.25, 0.3) is 0 Å². The summed E-state index contributed by atoms with van der Waals surface area (Å²) in [7, 11) is 3.33. The summed E-state index contributed by atoms with van der Waals surface area (Å²) in [5.74, 6) is 2.71. The van der Waals surface area contributed by atoms with Gasteiger partial charge in [0.2, 0.25) is 5.88 Å². The lowest BCUT2D eigenvalue weighted by Crippen LogP contribution is -2.27. The summed E-state index contributed by atoms with van der Waals surface area (Å²) >= 11 is 1.49. The van der Waals surface area contributed by atoms with Crippen LogP contribution < -0.4 is 10.1 Å². The van der Waals surface area contributed by atoms with Crippen LogP contribution in [0, 0.1) is 5.92 Å². The quantitative estimate of drug-likeness (QED) is 0.526. The van der Waals surface area contributed by atoms with E-state index in [4.69, 9.17) is 9.47 Å². The van der Waals surface area contributed by atoms with Crippen molar-refractivity contribution in [2.75, 3.05) is 19.0 Å². The highest BCUT2D eigenvalue weighted by molar-refractivity contribution is 7.03. The van der Waals surface area contributed by atoms with Gasteiger partial charge in [-0.05, 0) is 55.1 Å². The van der Waals surface area contributed by atoms with E-state index < -0.39 is 0 Å². The molecule has 2 aliphatic carbocycles. The highest BCUT2D eigenvalue weighted by Gasteiger charge is 2.34. The van der Waals surface area contributed by atoms with Crippen LogP contribution in [0.5, 0.6) is 5.88 Å². The van der Waals surface area contributed by atoms with Crippen molar-refractivity contribution in [3.8, 4) is 5.88 Å². The van der Waals surface area contributed by atoms with Crippen LogP contribution in [0.3, 0.4) is 0 Å². The van der Waals surface area contributed by atoms with Gasteiger partial charge in [0.25, 0.3) is 5.91 Å². The third-order valence-electron chi connectivity index (χ3n) is 6.01. The minimum atomic E-state index is -0.245. The van der Waals surface area contributed by atoms with E-state index in [2.05, 4.69) is 30.4 Å². The molecule has 10 heteroatoms. The van der Waals surface area contributed by atoms with E-state index in [1.54, 1.807) is 24.9 Å². The number of rotatable bonds is 9. The second kappa shape index (κ2) is 8.43. The summed E-state index contributed by atoms with van der Waals surface area (Å²) in [6.45, 7) is 1.08. The van der Waals surface area contributed by atoms with E-state index in [1.165, 1.54) is 29.9 Å². The molecule has 2 N–H and O–H groups in total. The van der Waals surface area contributed by atoms with Gasteiger partial charge in [0.15, 0.2) is 5.82 Å². The average Bonchev–Trinajstić information content (AvgIpc) is 3.09. The molecule has 2 fully saturated rings. The number of aryl methyl sites for hydroxylation is 1. The smallest absolute Gasteiger partial charge is 0.275 e. The van der Waals surface area contributed by atoms with Gasteiger partial charge in [0, 0.05) is 42.8 Å². The number of anilines is 1. The summed E-state index contributed by atoms with van der Waals surface area (Å²) in [6, 6.07) is 3.64. The van der Waals surface area contributed by atoms with Crippen molar-refractivity contribution in [2.45, 2.75) is 44.1 Å². The van der Waals surface area contributed by atoms with Crippen LogP contribution in [0.4, 0.5) is 5.82 Å². The number of hydrogen-bond acceptors (Lipinski definition) is 7. The molecule has 1 amide bonds. The van der Waals surface area contributed by atoms with Crippen LogP contribution in [0.1, 0.15) is 65.0 Å². The van der Waals surface area contributed by atoms with Gasteiger partial charge in [0.05, 0.1) is 18.9 Å². The van der Waals surface area contributed by atoms with Crippen molar-refractivity contribution in [3.05, 3.63) is 40.2 Å². The number of carbonyl (C=O) groups is 1. The van der Waals surface area contributed by atoms with Gasteiger partial charge < -0.3 is 14.8 Å². The predicted molar refractivity (Wildman–Crippen MR) is 116 cm³/mol. The van der Waals surface area contributed by atoms with Crippen molar-refractivity contribution >= 4 is 23.3 Å².